The fraction of sp³-hybridized carbons (Fsp3) is 0.143. The molecule has 0 saturated carbocycles. The number of halogens is 4. The summed E-state index contributed by atoms with van der Waals surface area (Å²) in [5, 5.41) is 9.97. The fourth-order valence-corrected chi connectivity index (χ4v) is 1.79. The molecule has 100 valence electrons. The predicted octanol–water partition coefficient (Wildman–Crippen LogP) is 3.98. The molecule has 19 heavy (non-hydrogen) atoms. The van der Waals surface area contributed by atoms with Crippen LogP contribution < -0.4 is 0 Å². The van der Waals surface area contributed by atoms with Crippen molar-refractivity contribution in [1.82, 2.24) is 0 Å². The van der Waals surface area contributed by atoms with Gasteiger partial charge in [-0.05, 0) is 29.3 Å². The van der Waals surface area contributed by atoms with Gasteiger partial charge in [-0.2, -0.15) is 0 Å². The summed E-state index contributed by atoms with van der Waals surface area (Å²) in [5.41, 5.74) is -0.125. The summed E-state index contributed by atoms with van der Waals surface area (Å²) in [4.78, 5) is 0. The largest absolute Gasteiger partial charge is 0.384 e. The highest BCUT2D eigenvalue weighted by Gasteiger charge is 2.15. The molecule has 1 nitrogen and oxygen atoms in total. The molecule has 1 N–H and O–H groups in total. The number of aliphatic hydroxyl groups excluding tert-OH is 1. The lowest BCUT2D eigenvalue weighted by Gasteiger charge is -2.13. The maximum Gasteiger partial charge on any atom is 0.263 e. The average Bonchev–Trinajstić information content (AvgIpc) is 2.37. The van der Waals surface area contributed by atoms with Crippen molar-refractivity contribution in [2.75, 3.05) is 0 Å². The van der Waals surface area contributed by atoms with E-state index < -0.39 is 24.2 Å². The van der Waals surface area contributed by atoms with Gasteiger partial charge in [0.1, 0.15) is 17.7 Å². The van der Waals surface area contributed by atoms with Crippen LogP contribution in [0.15, 0.2) is 42.5 Å². The molecule has 1 atom stereocenters. The molecule has 0 radical (unpaired) electrons. The van der Waals surface area contributed by atoms with Crippen molar-refractivity contribution in [3.63, 3.8) is 0 Å². The van der Waals surface area contributed by atoms with Gasteiger partial charge in [0.05, 0.1) is 0 Å². The molecule has 2 aromatic carbocycles. The van der Waals surface area contributed by atoms with Gasteiger partial charge in [0.25, 0.3) is 6.43 Å². The van der Waals surface area contributed by atoms with Gasteiger partial charge < -0.3 is 5.11 Å². The molecular formula is C14H10F4O. The van der Waals surface area contributed by atoms with Gasteiger partial charge in [-0.25, -0.2) is 17.6 Å². The Morgan fingerprint density at radius 3 is 1.95 bits per heavy atom. The van der Waals surface area contributed by atoms with Gasteiger partial charge in [-0.1, -0.05) is 18.2 Å². The second kappa shape index (κ2) is 5.40. The minimum Gasteiger partial charge on any atom is -0.384 e. The summed E-state index contributed by atoms with van der Waals surface area (Å²) in [7, 11) is 0. The van der Waals surface area contributed by atoms with E-state index in [1.165, 1.54) is 18.2 Å². The third kappa shape index (κ3) is 3.12. The number of aliphatic hydroxyl groups is 1. The fourth-order valence-electron chi connectivity index (χ4n) is 1.79. The van der Waals surface area contributed by atoms with Crippen LogP contribution in [0.5, 0.6) is 0 Å². The van der Waals surface area contributed by atoms with Crippen LogP contribution in [0.4, 0.5) is 17.6 Å². The standard InChI is InChI=1S/C14H10F4O/c15-11-5-10(6-12(16)7-11)13(19)8-2-1-3-9(4-8)14(17)18/h1-7,13-14,19H. The van der Waals surface area contributed by atoms with Gasteiger partial charge in [0.15, 0.2) is 0 Å². The van der Waals surface area contributed by atoms with E-state index in [1.807, 2.05) is 0 Å². The third-order valence-corrected chi connectivity index (χ3v) is 2.68. The van der Waals surface area contributed by atoms with Crippen LogP contribution >= 0.6 is 0 Å². The van der Waals surface area contributed by atoms with E-state index in [-0.39, 0.29) is 16.7 Å². The summed E-state index contributed by atoms with van der Waals surface area (Å²) in [6.45, 7) is 0. The zero-order valence-corrected chi connectivity index (χ0v) is 9.66. The molecule has 0 aliphatic carbocycles. The molecule has 0 amide bonds. The lowest BCUT2D eigenvalue weighted by Crippen LogP contribution is -2.02. The SMILES string of the molecule is OC(c1cc(F)cc(F)c1)c1cccc(C(F)F)c1. The first-order valence-electron chi connectivity index (χ1n) is 5.49. The van der Waals surface area contributed by atoms with Crippen LogP contribution in [0.2, 0.25) is 0 Å². The molecule has 5 heteroatoms. The van der Waals surface area contributed by atoms with E-state index in [2.05, 4.69) is 0 Å². The second-order valence-electron chi connectivity index (χ2n) is 4.08. The highest BCUT2D eigenvalue weighted by atomic mass is 19.3. The van der Waals surface area contributed by atoms with Crippen LogP contribution in [0.25, 0.3) is 0 Å². The number of rotatable bonds is 3. The van der Waals surface area contributed by atoms with E-state index in [1.54, 1.807) is 0 Å². The molecule has 0 spiro atoms. The molecule has 0 fully saturated rings. The van der Waals surface area contributed by atoms with Gasteiger partial charge in [-0.15, -0.1) is 0 Å². The van der Waals surface area contributed by atoms with Gasteiger partial charge in [0, 0.05) is 11.6 Å². The Morgan fingerprint density at radius 2 is 1.37 bits per heavy atom. The summed E-state index contributed by atoms with van der Waals surface area (Å²) < 4.78 is 51.2. The third-order valence-electron chi connectivity index (χ3n) is 2.68. The zero-order valence-electron chi connectivity index (χ0n) is 9.66. The van der Waals surface area contributed by atoms with Crippen molar-refractivity contribution in [3.8, 4) is 0 Å². The monoisotopic (exact) mass is 270 g/mol. The summed E-state index contributed by atoms with van der Waals surface area (Å²) in [5.74, 6) is -1.67. The van der Waals surface area contributed by atoms with E-state index >= 15 is 0 Å². The first kappa shape index (κ1) is 13.5. The minimum absolute atomic E-state index is 0.0242. The number of benzene rings is 2. The summed E-state index contributed by atoms with van der Waals surface area (Å²) in [6.07, 6.45) is -4.03. The van der Waals surface area contributed by atoms with Crippen LogP contribution in [0.1, 0.15) is 29.2 Å². The molecule has 0 heterocycles. The highest BCUT2D eigenvalue weighted by Crippen LogP contribution is 2.27. The van der Waals surface area contributed by atoms with Gasteiger partial charge in [0.2, 0.25) is 0 Å². The van der Waals surface area contributed by atoms with E-state index in [0.717, 1.165) is 18.2 Å². The smallest absolute Gasteiger partial charge is 0.263 e. The number of hydrogen-bond donors (Lipinski definition) is 1. The van der Waals surface area contributed by atoms with Crippen molar-refractivity contribution in [2.45, 2.75) is 12.5 Å². The lowest BCUT2D eigenvalue weighted by molar-refractivity contribution is 0.150. The van der Waals surface area contributed by atoms with Gasteiger partial charge in [-0.3, -0.25) is 0 Å². The molecule has 0 aliphatic heterocycles. The molecule has 0 bridgehead atoms. The molecule has 0 saturated heterocycles. The number of hydrogen-bond acceptors (Lipinski definition) is 1. The molecule has 0 aliphatic rings. The number of alkyl halides is 2. The molecule has 2 rings (SSSR count). The van der Waals surface area contributed by atoms with Gasteiger partial charge >= 0.3 is 0 Å². The molecule has 2 aromatic rings. The quantitative estimate of drug-likeness (QED) is 0.836. The first-order valence-corrected chi connectivity index (χ1v) is 5.49. The van der Waals surface area contributed by atoms with Crippen molar-refractivity contribution in [2.24, 2.45) is 0 Å². The van der Waals surface area contributed by atoms with Crippen LogP contribution in [-0.2, 0) is 0 Å². The van der Waals surface area contributed by atoms with Crippen molar-refractivity contribution in [3.05, 3.63) is 70.8 Å². The first-order chi connectivity index (χ1) is 8.97. The summed E-state index contributed by atoms with van der Waals surface area (Å²) >= 11 is 0. The molecule has 0 aromatic heterocycles. The maximum absolute atomic E-state index is 13.0. The Morgan fingerprint density at radius 1 is 0.789 bits per heavy atom. The minimum atomic E-state index is -2.67. The van der Waals surface area contributed by atoms with Crippen LogP contribution in [-0.4, -0.2) is 5.11 Å². The van der Waals surface area contributed by atoms with Crippen molar-refractivity contribution < 1.29 is 22.7 Å². The van der Waals surface area contributed by atoms with Crippen LogP contribution in [0.3, 0.4) is 0 Å². The van der Waals surface area contributed by atoms with E-state index in [0.29, 0.717) is 6.07 Å². The Hall–Kier alpha value is -1.88. The summed E-state index contributed by atoms with van der Waals surface area (Å²) in [6, 6.07) is 7.69. The van der Waals surface area contributed by atoms with Crippen LogP contribution in [0, 0.1) is 11.6 Å². The Bertz CT molecular complexity index is 563. The van der Waals surface area contributed by atoms with Crippen molar-refractivity contribution in [1.29, 1.82) is 0 Å². The normalized spacial score (nSPS) is 12.7. The van der Waals surface area contributed by atoms with Crippen molar-refractivity contribution >= 4 is 0 Å². The topological polar surface area (TPSA) is 20.2 Å². The average molecular weight is 270 g/mol. The lowest BCUT2D eigenvalue weighted by atomic mass is 9.99. The predicted molar refractivity (Wildman–Crippen MR) is 61.8 cm³/mol. The zero-order chi connectivity index (χ0) is 14.0. The highest BCUT2D eigenvalue weighted by molar-refractivity contribution is 5.33. The maximum atomic E-state index is 13.0. The Kier molecular flexibility index (Phi) is 3.85. The molecular weight excluding hydrogens is 260 g/mol. The molecule has 1 unspecified atom stereocenters. The van der Waals surface area contributed by atoms with E-state index in [4.69, 9.17) is 0 Å². The van der Waals surface area contributed by atoms with E-state index in [9.17, 15) is 22.7 Å². The Labute approximate surface area is 107 Å². The second-order valence-corrected chi connectivity index (χ2v) is 4.08. The Balaban J connectivity index is 2.38.